The van der Waals surface area contributed by atoms with Crippen molar-refractivity contribution in [3.63, 3.8) is 0 Å². The smallest absolute Gasteiger partial charge is 0.406 e. The third-order valence-electron chi connectivity index (χ3n) is 5.78. The zero-order valence-corrected chi connectivity index (χ0v) is 18.5. The summed E-state index contributed by atoms with van der Waals surface area (Å²) in [6.07, 6.45) is -3.50. The largest absolute Gasteiger partial charge is 0.573 e. The number of carbonyl (C=O) groups is 2. The number of rotatable bonds is 5. The minimum absolute atomic E-state index is 0.0113. The van der Waals surface area contributed by atoms with Gasteiger partial charge in [-0.3, -0.25) is 14.5 Å². The molecule has 2 saturated heterocycles. The number of halogens is 4. The summed E-state index contributed by atoms with van der Waals surface area (Å²) >= 11 is 6.14. The van der Waals surface area contributed by atoms with Gasteiger partial charge in [0.05, 0.1) is 11.3 Å². The van der Waals surface area contributed by atoms with E-state index in [0.717, 1.165) is 12.0 Å². The summed E-state index contributed by atoms with van der Waals surface area (Å²) in [5.41, 5.74) is 1.87. The summed E-state index contributed by atoms with van der Waals surface area (Å²) in [5.74, 6) is -0.408. The molecular formula is C23H23ClF3N3O3. The number of amides is 2. The summed E-state index contributed by atoms with van der Waals surface area (Å²) in [7, 11) is 0. The summed E-state index contributed by atoms with van der Waals surface area (Å²) in [4.78, 5) is 31.0. The number of hydrogen-bond donors (Lipinski definition) is 0. The van der Waals surface area contributed by atoms with Gasteiger partial charge in [0, 0.05) is 50.7 Å². The molecule has 176 valence electrons. The van der Waals surface area contributed by atoms with Gasteiger partial charge in [0.1, 0.15) is 5.75 Å². The molecule has 6 nitrogen and oxygen atoms in total. The van der Waals surface area contributed by atoms with Crippen molar-refractivity contribution in [2.75, 3.05) is 37.6 Å². The lowest BCUT2D eigenvalue weighted by molar-refractivity contribution is -0.274. The van der Waals surface area contributed by atoms with Gasteiger partial charge >= 0.3 is 6.36 Å². The first kappa shape index (κ1) is 23.4. The molecule has 0 aromatic heterocycles. The average Bonchev–Trinajstić information content (AvgIpc) is 3.20. The maximum absolute atomic E-state index is 13.2. The van der Waals surface area contributed by atoms with E-state index in [1.807, 2.05) is 0 Å². The zero-order chi connectivity index (χ0) is 23.6. The Morgan fingerprint density at radius 2 is 1.70 bits per heavy atom. The fourth-order valence-electron chi connectivity index (χ4n) is 4.15. The standard InChI is InChI=1S/C23H23ClF3N3O3/c24-17-5-8-19(20(14-17)30-9-1-2-21(30)31)22(32)29-12-10-28(11-13-29)15-16-3-6-18(7-4-16)33-23(25,26)27/h3-8,14H,1-2,9-13,15H2. The highest BCUT2D eigenvalue weighted by Gasteiger charge is 2.31. The number of piperazine rings is 1. The molecule has 2 heterocycles. The van der Waals surface area contributed by atoms with E-state index in [1.54, 1.807) is 40.1 Å². The van der Waals surface area contributed by atoms with Crippen LogP contribution in [0.4, 0.5) is 18.9 Å². The molecule has 0 bridgehead atoms. The van der Waals surface area contributed by atoms with Crippen molar-refractivity contribution in [2.45, 2.75) is 25.7 Å². The van der Waals surface area contributed by atoms with Crippen molar-refractivity contribution >= 4 is 29.1 Å². The molecule has 0 radical (unpaired) electrons. The van der Waals surface area contributed by atoms with E-state index in [1.165, 1.54) is 12.1 Å². The van der Waals surface area contributed by atoms with Crippen LogP contribution in [-0.2, 0) is 11.3 Å². The lowest BCUT2D eigenvalue weighted by Crippen LogP contribution is -2.48. The zero-order valence-electron chi connectivity index (χ0n) is 17.8. The molecule has 0 N–H and O–H groups in total. The Bertz CT molecular complexity index is 1020. The van der Waals surface area contributed by atoms with E-state index in [0.29, 0.717) is 62.0 Å². The maximum atomic E-state index is 13.2. The third-order valence-corrected chi connectivity index (χ3v) is 6.01. The van der Waals surface area contributed by atoms with Gasteiger partial charge in [-0.05, 0) is 42.3 Å². The Hall–Kier alpha value is -2.78. The van der Waals surface area contributed by atoms with Gasteiger partial charge in [0.2, 0.25) is 5.91 Å². The van der Waals surface area contributed by atoms with Gasteiger partial charge < -0.3 is 14.5 Å². The van der Waals surface area contributed by atoms with Crippen molar-refractivity contribution in [3.05, 3.63) is 58.6 Å². The van der Waals surface area contributed by atoms with Crippen molar-refractivity contribution < 1.29 is 27.5 Å². The Morgan fingerprint density at radius 1 is 1.00 bits per heavy atom. The summed E-state index contributed by atoms with van der Waals surface area (Å²) in [6.45, 7) is 3.38. The van der Waals surface area contributed by atoms with Gasteiger partial charge in [-0.25, -0.2) is 0 Å². The summed E-state index contributed by atoms with van der Waals surface area (Å²) in [5, 5.41) is 0.470. The Kier molecular flexibility index (Phi) is 6.81. The van der Waals surface area contributed by atoms with E-state index < -0.39 is 6.36 Å². The molecular weight excluding hydrogens is 459 g/mol. The Morgan fingerprint density at radius 3 is 2.30 bits per heavy atom. The van der Waals surface area contributed by atoms with E-state index in [-0.39, 0.29) is 17.6 Å². The molecule has 0 aliphatic carbocycles. The number of benzene rings is 2. The third kappa shape index (κ3) is 5.78. The predicted molar refractivity (Wildman–Crippen MR) is 117 cm³/mol. The molecule has 2 aliphatic heterocycles. The van der Waals surface area contributed by atoms with Crippen LogP contribution in [0.15, 0.2) is 42.5 Å². The lowest BCUT2D eigenvalue weighted by atomic mass is 10.1. The Balaban J connectivity index is 1.37. The molecule has 2 aromatic rings. The molecule has 0 unspecified atom stereocenters. The van der Waals surface area contributed by atoms with Crippen LogP contribution < -0.4 is 9.64 Å². The lowest BCUT2D eigenvalue weighted by Gasteiger charge is -2.35. The van der Waals surface area contributed by atoms with E-state index >= 15 is 0 Å². The second-order valence-electron chi connectivity index (χ2n) is 8.07. The van der Waals surface area contributed by atoms with E-state index in [2.05, 4.69) is 9.64 Å². The number of hydrogen-bond acceptors (Lipinski definition) is 4. The second kappa shape index (κ2) is 9.61. The highest BCUT2D eigenvalue weighted by molar-refractivity contribution is 6.31. The molecule has 0 atom stereocenters. The quantitative estimate of drug-likeness (QED) is 0.638. The van der Waals surface area contributed by atoms with Crippen LogP contribution in [0.2, 0.25) is 5.02 Å². The van der Waals surface area contributed by atoms with Gasteiger partial charge in [-0.1, -0.05) is 23.7 Å². The van der Waals surface area contributed by atoms with Crippen molar-refractivity contribution in [1.29, 1.82) is 0 Å². The average molecular weight is 482 g/mol. The van der Waals surface area contributed by atoms with Gasteiger partial charge in [-0.15, -0.1) is 13.2 Å². The molecule has 2 fully saturated rings. The number of carbonyl (C=O) groups excluding carboxylic acids is 2. The second-order valence-corrected chi connectivity index (χ2v) is 8.51. The first-order chi connectivity index (χ1) is 15.7. The molecule has 10 heteroatoms. The van der Waals surface area contributed by atoms with Crippen molar-refractivity contribution in [1.82, 2.24) is 9.80 Å². The fourth-order valence-corrected chi connectivity index (χ4v) is 4.31. The van der Waals surface area contributed by atoms with Crippen LogP contribution in [0.25, 0.3) is 0 Å². The minimum Gasteiger partial charge on any atom is -0.406 e. The normalized spacial score (nSPS) is 17.5. The molecule has 2 aromatic carbocycles. The number of nitrogens with zero attached hydrogens (tertiary/aromatic N) is 3. The summed E-state index contributed by atoms with van der Waals surface area (Å²) < 4.78 is 40.8. The molecule has 2 amide bonds. The molecule has 2 aliphatic rings. The molecule has 33 heavy (non-hydrogen) atoms. The van der Waals surface area contributed by atoms with Crippen LogP contribution in [0.5, 0.6) is 5.75 Å². The van der Waals surface area contributed by atoms with E-state index in [4.69, 9.17) is 11.6 Å². The summed E-state index contributed by atoms with van der Waals surface area (Å²) in [6, 6.07) is 10.8. The van der Waals surface area contributed by atoms with Crippen LogP contribution >= 0.6 is 11.6 Å². The first-order valence-corrected chi connectivity index (χ1v) is 11.0. The molecule has 0 spiro atoms. The van der Waals surface area contributed by atoms with Crippen LogP contribution in [-0.4, -0.2) is 60.7 Å². The van der Waals surface area contributed by atoms with Gasteiger partial charge in [-0.2, -0.15) is 0 Å². The van der Waals surface area contributed by atoms with E-state index in [9.17, 15) is 22.8 Å². The number of anilines is 1. The number of ether oxygens (including phenoxy) is 1. The molecule has 4 rings (SSSR count). The van der Waals surface area contributed by atoms with Crippen molar-refractivity contribution in [2.24, 2.45) is 0 Å². The van der Waals surface area contributed by atoms with Crippen LogP contribution in [0, 0.1) is 0 Å². The monoisotopic (exact) mass is 481 g/mol. The molecule has 0 saturated carbocycles. The highest BCUT2D eigenvalue weighted by Crippen LogP contribution is 2.30. The van der Waals surface area contributed by atoms with Crippen molar-refractivity contribution in [3.8, 4) is 5.75 Å². The van der Waals surface area contributed by atoms with Gasteiger partial charge in [0.15, 0.2) is 0 Å². The van der Waals surface area contributed by atoms with Crippen LogP contribution in [0.1, 0.15) is 28.8 Å². The van der Waals surface area contributed by atoms with Gasteiger partial charge in [0.25, 0.3) is 5.91 Å². The number of alkyl halides is 3. The van der Waals surface area contributed by atoms with Crippen LogP contribution in [0.3, 0.4) is 0 Å². The fraction of sp³-hybridized carbons (Fsp3) is 0.391. The minimum atomic E-state index is -4.71. The SMILES string of the molecule is O=C(c1ccc(Cl)cc1N1CCCC1=O)N1CCN(Cc2ccc(OC(F)(F)F)cc2)CC1. The first-order valence-electron chi connectivity index (χ1n) is 10.7. The maximum Gasteiger partial charge on any atom is 0.573 e. The highest BCUT2D eigenvalue weighted by atomic mass is 35.5. The topological polar surface area (TPSA) is 53.1 Å². The Labute approximate surface area is 194 Å². The predicted octanol–water partition coefficient (Wildman–Crippen LogP) is 4.32.